The van der Waals surface area contributed by atoms with Gasteiger partial charge in [-0.15, -0.1) is 0 Å². The van der Waals surface area contributed by atoms with Crippen LogP contribution in [0.2, 0.25) is 0 Å². The Labute approximate surface area is 172 Å². The molecule has 158 valence electrons. The molecule has 7 heteroatoms. The molecule has 0 aromatic heterocycles. The largest absolute Gasteiger partial charge is 0.497 e. The molecule has 2 N–H and O–H groups in total. The number of amides is 4. The van der Waals surface area contributed by atoms with Crippen molar-refractivity contribution in [3.8, 4) is 5.75 Å². The van der Waals surface area contributed by atoms with E-state index < -0.39 is 11.6 Å². The molecule has 0 radical (unpaired) electrons. The molecule has 1 saturated carbocycles. The van der Waals surface area contributed by atoms with Crippen LogP contribution in [0.1, 0.15) is 58.1 Å². The molecule has 1 aliphatic carbocycles. The molecule has 1 aromatic rings. The number of carbonyl (C=O) groups is 3. The van der Waals surface area contributed by atoms with Crippen molar-refractivity contribution >= 4 is 17.8 Å². The van der Waals surface area contributed by atoms with Crippen molar-refractivity contribution in [3.63, 3.8) is 0 Å². The van der Waals surface area contributed by atoms with Gasteiger partial charge in [-0.3, -0.25) is 14.5 Å². The van der Waals surface area contributed by atoms with Crippen LogP contribution in [-0.4, -0.2) is 41.9 Å². The summed E-state index contributed by atoms with van der Waals surface area (Å²) >= 11 is 0. The lowest BCUT2D eigenvalue weighted by Crippen LogP contribution is -2.54. The van der Waals surface area contributed by atoms with Crippen molar-refractivity contribution in [3.05, 3.63) is 29.8 Å². The maximum absolute atomic E-state index is 13.0. The average molecular weight is 402 g/mol. The van der Waals surface area contributed by atoms with Gasteiger partial charge in [0.1, 0.15) is 17.8 Å². The average Bonchev–Trinajstić information content (AvgIpc) is 2.93. The maximum Gasteiger partial charge on any atom is 0.325 e. The van der Waals surface area contributed by atoms with Crippen molar-refractivity contribution in [1.82, 2.24) is 15.5 Å². The van der Waals surface area contributed by atoms with Gasteiger partial charge in [0.25, 0.3) is 5.91 Å². The second kappa shape index (κ2) is 8.43. The monoisotopic (exact) mass is 401 g/mol. The summed E-state index contributed by atoms with van der Waals surface area (Å²) in [6.07, 6.45) is 3.50. The molecule has 3 rings (SSSR count). The van der Waals surface area contributed by atoms with Crippen LogP contribution in [0.5, 0.6) is 5.75 Å². The summed E-state index contributed by atoms with van der Waals surface area (Å²) in [5.41, 5.74) is 0.104. The first-order valence-electron chi connectivity index (χ1n) is 10.4. The molecule has 3 unspecified atom stereocenters. The third-order valence-corrected chi connectivity index (χ3v) is 6.26. The number of urea groups is 1. The molecule has 1 heterocycles. The first-order valence-corrected chi connectivity index (χ1v) is 10.4. The highest BCUT2D eigenvalue weighted by Gasteiger charge is 2.55. The quantitative estimate of drug-likeness (QED) is 0.718. The molecule has 1 aliphatic heterocycles. The lowest BCUT2D eigenvalue weighted by atomic mass is 9.73. The first-order chi connectivity index (χ1) is 13.8. The summed E-state index contributed by atoms with van der Waals surface area (Å²) in [7, 11) is 1.61. The Hall–Kier alpha value is -2.57. The number of carbonyl (C=O) groups excluding carboxylic acids is 3. The van der Waals surface area contributed by atoms with E-state index >= 15 is 0 Å². The smallest absolute Gasteiger partial charge is 0.325 e. The summed E-state index contributed by atoms with van der Waals surface area (Å²) in [5.74, 6) is 0.344. The lowest BCUT2D eigenvalue weighted by molar-refractivity contribution is -0.137. The van der Waals surface area contributed by atoms with Crippen LogP contribution in [0.4, 0.5) is 4.79 Å². The van der Waals surface area contributed by atoms with Crippen molar-refractivity contribution in [2.45, 2.75) is 58.0 Å². The number of nitrogens with zero attached hydrogens (tertiary/aromatic N) is 1. The Bertz CT molecular complexity index is 777. The number of hydrogen-bond donors (Lipinski definition) is 2. The number of nitrogens with one attached hydrogen (secondary N) is 2. The molecule has 1 saturated heterocycles. The van der Waals surface area contributed by atoms with Gasteiger partial charge in [-0.05, 0) is 42.4 Å². The van der Waals surface area contributed by atoms with Gasteiger partial charge >= 0.3 is 6.03 Å². The molecule has 1 spiro atoms. The van der Waals surface area contributed by atoms with E-state index in [-0.39, 0.29) is 36.2 Å². The number of hydrogen-bond acceptors (Lipinski definition) is 4. The molecule has 2 fully saturated rings. The highest BCUT2D eigenvalue weighted by Crippen LogP contribution is 2.38. The minimum atomic E-state index is -0.844. The number of benzene rings is 1. The highest BCUT2D eigenvalue weighted by atomic mass is 16.5. The Balaban J connectivity index is 1.70. The van der Waals surface area contributed by atoms with Gasteiger partial charge in [-0.1, -0.05) is 45.7 Å². The van der Waals surface area contributed by atoms with Gasteiger partial charge < -0.3 is 15.4 Å². The summed E-state index contributed by atoms with van der Waals surface area (Å²) in [6, 6.07) is 6.83. The third kappa shape index (κ3) is 4.09. The zero-order chi connectivity index (χ0) is 21.2. The number of imide groups is 1. The Morgan fingerprint density at radius 1 is 1.28 bits per heavy atom. The predicted octanol–water partition coefficient (Wildman–Crippen LogP) is 3.01. The van der Waals surface area contributed by atoms with E-state index in [1.165, 1.54) is 0 Å². The molecule has 29 heavy (non-hydrogen) atoms. The Morgan fingerprint density at radius 2 is 1.97 bits per heavy atom. The Kier molecular flexibility index (Phi) is 6.15. The van der Waals surface area contributed by atoms with Crippen LogP contribution in [-0.2, 0) is 9.59 Å². The SMILES string of the molecule is COc1ccc(C(NC(=O)CN2C(=O)NC3(CCCCC3C)C2=O)C(C)C)cc1. The third-order valence-electron chi connectivity index (χ3n) is 6.26. The van der Waals surface area contributed by atoms with Crippen molar-refractivity contribution in [2.24, 2.45) is 11.8 Å². The van der Waals surface area contributed by atoms with Crippen molar-refractivity contribution in [2.75, 3.05) is 13.7 Å². The Morgan fingerprint density at radius 3 is 2.55 bits per heavy atom. The second-order valence-corrected chi connectivity index (χ2v) is 8.50. The van der Waals surface area contributed by atoms with Crippen LogP contribution in [0.3, 0.4) is 0 Å². The van der Waals surface area contributed by atoms with Crippen LogP contribution >= 0.6 is 0 Å². The van der Waals surface area contributed by atoms with Gasteiger partial charge in [-0.2, -0.15) is 0 Å². The number of ether oxygens (including phenoxy) is 1. The molecule has 3 atom stereocenters. The van der Waals surface area contributed by atoms with E-state index in [1.54, 1.807) is 7.11 Å². The number of rotatable bonds is 6. The van der Waals surface area contributed by atoms with Gasteiger partial charge in [-0.25, -0.2) is 4.79 Å². The van der Waals surface area contributed by atoms with Gasteiger partial charge in [0.2, 0.25) is 5.91 Å². The fraction of sp³-hybridized carbons (Fsp3) is 0.591. The first kappa shape index (κ1) is 21.1. The van der Waals surface area contributed by atoms with Gasteiger partial charge in [0.15, 0.2) is 0 Å². The summed E-state index contributed by atoms with van der Waals surface area (Å²) in [4.78, 5) is 39.4. The van der Waals surface area contributed by atoms with E-state index in [4.69, 9.17) is 4.74 Å². The predicted molar refractivity (Wildman–Crippen MR) is 109 cm³/mol. The van der Waals surface area contributed by atoms with Gasteiger partial charge in [0, 0.05) is 0 Å². The minimum absolute atomic E-state index is 0.0727. The molecule has 1 aromatic carbocycles. The normalized spacial score (nSPS) is 25.3. The summed E-state index contributed by atoms with van der Waals surface area (Å²) in [5, 5.41) is 5.88. The van der Waals surface area contributed by atoms with E-state index in [0.717, 1.165) is 35.5 Å². The van der Waals surface area contributed by atoms with Gasteiger partial charge in [0.05, 0.1) is 13.2 Å². The maximum atomic E-state index is 13.0. The fourth-order valence-corrected chi connectivity index (χ4v) is 4.45. The van der Waals surface area contributed by atoms with Crippen LogP contribution in [0.25, 0.3) is 0 Å². The van der Waals surface area contributed by atoms with E-state index in [9.17, 15) is 14.4 Å². The van der Waals surface area contributed by atoms with E-state index in [0.29, 0.717) is 6.42 Å². The zero-order valence-electron chi connectivity index (χ0n) is 17.7. The van der Waals surface area contributed by atoms with Crippen LogP contribution in [0.15, 0.2) is 24.3 Å². The highest BCUT2D eigenvalue weighted by molar-refractivity contribution is 6.09. The van der Waals surface area contributed by atoms with Crippen molar-refractivity contribution in [1.29, 1.82) is 0 Å². The standard InChI is InChI=1S/C22H31N3O4/c1-14(2)19(16-8-10-17(29-4)11-9-16)23-18(26)13-25-20(27)22(24-21(25)28)12-6-5-7-15(22)3/h8-11,14-15,19H,5-7,12-13H2,1-4H3,(H,23,26)(H,24,28). The zero-order valence-corrected chi connectivity index (χ0v) is 17.7. The minimum Gasteiger partial charge on any atom is -0.497 e. The lowest BCUT2D eigenvalue weighted by Gasteiger charge is -2.36. The second-order valence-electron chi connectivity index (χ2n) is 8.50. The van der Waals surface area contributed by atoms with Crippen LogP contribution < -0.4 is 15.4 Å². The van der Waals surface area contributed by atoms with Crippen molar-refractivity contribution < 1.29 is 19.1 Å². The molecule has 7 nitrogen and oxygen atoms in total. The summed E-state index contributed by atoms with van der Waals surface area (Å²) in [6.45, 7) is 5.76. The molecule has 0 bridgehead atoms. The number of methoxy groups -OCH3 is 1. The van der Waals surface area contributed by atoms with E-state index in [2.05, 4.69) is 10.6 Å². The topological polar surface area (TPSA) is 87.7 Å². The molecule has 4 amide bonds. The summed E-state index contributed by atoms with van der Waals surface area (Å²) < 4.78 is 5.19. The fourth-order valence-electron chi connectivity index (χ4n) is 4.45. The molecule has 2 aliphatic rings. The molecular weight excluding hydrogens is 370 g/mol. The van der Waals surface area contributed by atoms with Crippen LogP contribution in [0, 0.1) is 11.8 Å². The van der Waals surface area contributed by atoms with E-state index in [1.807, 2.05) is 45.0 Å². The molecular formula is C22H31N3O4.